The molecule has 0 aliphatic rings. The van der Waals surface area contributed by atoms with Crippen molar-refractivity contribution in [3.8, 4) is 0 Å². The van der Waals surface area contributed by atoms with E-state index in [1.54, 1.807) is 4.57 Å². The quantitative estimate of drug-likeness (QED) is 0.903. The topological polar surface area (TPSA) is 25.2 Å². The molecule has 0 amide bonds. The highest BCUT2D eigenvalue weighted by Gasteiger charge is 2.31. The molecule has 0 aliphatic carbocycles. The van der Waals surface area contributed by atoms with Crippen LogP contribution in [0.2, 0.25) is 0 Å². The first-order chi connectivity index (χ1) is 8.88. The number of nitrogens with zero attached hydrogens (tertiary/aromatic N) is 1. The second kappa shape index (κ2) is 4.89. The van der Waals surface area contributed by atoms with Gasteiger partial charge >= 0.3 is 6.18 Å². The second-order valence-electron chi connectivity index (χ2n) is 4.68. The maximum absolute atomic E-state index is 12.7. The van der Waals surface area contributed by atoms with Crippen LogP contribution in [-0.2, 0) is 12.7 Å². The Morgan fingerprint density at radius 3 is 2.53 bits per heavy atom. The molecule has 0 fully saturated rings. The summed E-state index contributed by atoms with van der Waals surface area (Å²) in [6, 6.07) is 3.76. The number of rotatable bonds is 3. The van der Waals surface area contributed by atoms with Crippen LogP contribution in [0.5, 0.6) is 0 Å². The number of benzene rings is 1. The van der Waals surface area contributed by atoms with Crippen LogP contribution in [0.4, 0.5) is 13.2 Å². The lowest BCUT2D eigenvalue weighted by molar-refractivity contribution is -0.137. The summed E-state index contributed by atoms with van der Waals surface area (Å²) < 4.78 is 40.0. The third-order valence-corrected chi connectivity index (χ3v) is 3.39. The van der Waals surface area contributed by atoms with Crippen molar-refractivity contribution < 1.29 is 18.3 Å². The Morgan fingerprint density at radius 1 is 1.32 bits per heavy atom. The van der Waals surface area contributed by atoms with E-state index in [-0.39, 0.29) is 12.5 Å². The summed E-state index contributed by atoms with van der Waals surface area (Å²) in [4.78, 5) is 0. The third kappa shape index (κ3) is 2.47. The number of fused-ring (bicyclic) bond motifs is 1. The zero-order valence-electron chi connectivity index (χ0n) is 10.8. The Labute approximate surface area is 109 Å². The first kappa shape index (κ1) is 13.9. The minimum atomic E-state index is -4.33. The van der Waals surface area contributed by atoms with Gasteiger partial charge in [-0.3, -0.25) is 0 Å². The van der Waals surface area contributed by atoms with Crippen LogP contribution >= 0.6 is 0 Å². The first-order valence-electron chi connectivity index (χ1n) is 6.19. The van der Waals surface area contributed by atoms with E-state index in [0.29, 0.717) is 12.1 Å². The lowest BCUT2D eigenvalue weighted by atomic mass is 10.0. The fourth-order valence-corrected chi connectivity index (χ4v) is 2.25. The van der Waals surface area contributed by atoms with Crippen LogP contribution in [0.15, 0.2) is 24.4 Å². The van der Waals surface area contributed by atoms with E-state index in [1.165, 1.54) is 12.1 Å². The van der Waals surface area contributed by atoms with Gasteiger partial charge in [0.1, 0.15) is 0 Å². The summed E-state index contributed by atoms with van der Waals surface area (Å²) >= 11 is 0. The Bertz CT molecular complexity index is 586. The number of halogens is 3. The monoisotopic (exact) mass is 271 g/mol. The molecule has 0 spiro atoms. The van der Waals surface area contributed by atoms with Gasteiger partial charge in [-0.25, -0.2) is 0 Å². The largest absolute Gasteiger partial charge is 0.416 e. The van der Waals surface area contributed by atoms with E-state index >= 15 is 0 Å². The minimum absolute atomic E-state index is 0.0240. The van der Waals surface area contributed by atoms with Gasteiger partial charge in [0.15, 0.2) is 0 Å². The van der Waals surface area contributed by atoms with Crippen molar-refractivity contribution in [2.75, 3.05) is 6.61 Å². The number of aryl methyl sites for hydroxylation is 1. The van der Waals surface area contributed by atoms with Crippen LogP contribution in [0, 0.1) is 0 Å². The molecule has 1 heterocycles. The van der Waals surface area contributed by atoms with Gasteiger partial charge in [0.05, 0.1) is 5.56 Å². The lowest BCUT2D eigenvalue weighted by Crippen LogP contribution is -2.05. The Morgan fingerprint density at radius 2 is 2.00 bits per heavy atom. The summed E-state index contributed by atoms with van der Waals surface area (Å²) in [5, 5.41) is 10.00. The molecule has 5 heteroatoms. The van der Waals surface area contributed by atoms with E-state index in [1.807, 2.05) is 20.0 Å². The SMILES string of the molecule is CCn1cc(C(C)CO)c2ccc(C(F)(F)F)cc21. The normalized spacial score (nSPS) is 14.0. The highest BCUT2D eigenvalue weighted by molar-refractivity contribution is 5.85. The zero-order valence-corrected chi connectivity index (χ0v) is 10.8. The van der Waals surface area contributed by atoms with Gasteiger partial charge in [-0.05, 0) is 24.6 Å². The molecule has 2 rings (SSSR count). The summed E-state index contributed by atoms with van der Waals surface area (Å²) in [6.07, 6.45) is -2.51. The Kier molecular flexibility index (Phi) is 3.58. The van der Waals surface area contributed by atoms with Gasteiger partial charge in [-0.2, -0.15) is 13.2 Å². The van der Waals surface area contributed by atoms with Crippen LogP contribution in [0.25, 0.3) is 10.9 Å². The summed E-state index contributed by atoms with van der Waals surface area (Å²) in [5.41, 5.74) is 0.803. The number of aliphatic hydroxyl groups is 1. The van der Waals surface area contributed by atoms with E-state index in [9.17, 15) is 18.3 Å². The number of aliphatic hydroxyl groups excluding tert-OH is 1. The second-order valence-corrected chi connectivity index (χ2v) is 4.68. The van der Waals surface area contributed by atoms with Crippen LogP contribution in [0.3, 0.4) is 0 Å². The predicted octanol–water partition coefficient (Wildman–Crippen LogP) is 3.78. The summed E-state index contributed by atoms with van der Waals surface area (Å²) in [7, 11) is 0. The van der Waals surface area contributed by atoms with Crippen molar-refractivity contribution in [3.63, 3.8) is 0 Å². The number of aromatic nitrogens is 1. The van der Waals surface area contributed by atoms with Crippen molar-refractivity contribution in [1.29, 1.82) is 0 Å². The van der Waals surface area contributed by atoms with Crippen molar-refractivity contribution in [1.82, 2.24) is 4.57 Å². The summed E-state index contributed by atoms with van der Waals surface area (Å²) in [5.74, 6) is -0.0907. The zero-order chi connectivity index (χ0) is 14.2. The molecule has 2 aromatic rings. The molecule has 2 nitrogen and oxygen atoms in total. The molecule has 0 saturated heterocycles. The van der Waals surface area contributed by atoms with E-state index < -0.39 is 11.7 Å². The van der Waals surface area contributed by atoms with Gasteiger partial charge in [0, 0.05) is 36.2 Å². The molecule has 1 aromatic carbocycles. The van der Waals surface area contributed by atoms with E-state index in [0.717, 1.165) is 17.0 Å². The van der Waals surface area contributed by atoms with E-state index in [2.05, 4.69) is 0 Å². The first-order valence-corrected chi connectivity index (χ1v) is 6.19. The molecule has 1 atom stereocenters. The standard InChI is InChI=1S/C14H16F3NO/c1-3-18-7-12(9(2)8-19)11-5-4-10(6-13(11)18)14(15,16)17/h4-7,9,19H,3,8H2,1-2H3. The number of hydrogen-bond donors (Lipinski definition) is 1. The third-order valence-electron chi connectivity index (χ3n) is 3.39. The molecule has 0 saturated carbocycles. The van der Waals surface area contributed by atoms with Gasteiger partial charge in [-0.1, -0.05) is 13.0 Å². The molecule has 0 aliphatic heterocycles. The smallest absolute Gasteiger partial charge is 0.396 e. The molecular formula is C14H16F3NO. The highest BCUT2D eigenvalue weighted by Crippen LogP contribution is 2.34. The van der Waals surface area contributed by atoms with Gasteiger partial charge in [0.2, 0.25) is 0 Å². The van der Waals surface area contributed by atoms with Crippen LogP contribution < -0.4 is 0 Å². The van der Waals surface area contributed by atoms with Crippen LogP contribution in [-0.4, -0.2) is 16.3 Å². The van der Waals surface area contributed by atoms with Gasteiger partial charge in [-0.15, -0.1) is 0 Å². The van der Waals surface area contributed by atoms with E-state index in [4.69, 9.17) is 0 Å². The van der Waals surface area contributed by atoms with Crippen molar-refractivity contribution in [3.05, 3.63) is 35.5 Å². The maximum atomic E-state index is 12.7. The predicted molar refractivity (Wildman–Crippen MR) is 68.1 cm³/mol. The van der Waals surface area contributed by atoms with Gasteiger partial charge in [0.25, 0.3) is 0 Å². The average Bonchev–Trinajstić information content (AvgIpc) is 2.74. The maximum Gasteiger partial charge on any atom is 0.416 e. The average molecular weight is 271 g/mol. The summed E-state index contributed by atoms with van der Waals surface area (Å²) in [6.45, 7) is 4.30. The molecular weight excluding hydrogens is 255 g/mol. The van der Waals surface area contributed by atoms with Crippen molar-refractivity contribution >= 4 is 10.9 Å². The van der Waals surface area contributed by atoms with Crippen molar-refractivity contribution in [2.24, 2.45) is 0 Å². The molecule has 1 unspecified atom stereocenters. The molecule has 104 valence electrons. The lowest BCUT2D eigenvalue weighted by Gasteiger charge is -2.09. The van der Waals surface area contributed by atoms with Crippen molar-refractivity contribution in [2.45, 2.75) is 32.5 Å². The molecule has 1 N–H and O–H groups in total. The fourth-order valence-electron chi connectivity index (χ4n) is 2.25. The molecule has 1 aromatic heterocycles. The number of alkyl halides is 3. The fraction of sp³-hybridized carbons (Fsp3) is 0.429. The minimum Gasteiger partial charge on any atom is -0.396 e. The van der Waals surface area contributed by atoms with Gasteiger partial charge < -0.3 is 9.67 Å². The molecule has 0 radical (unpaired) electrons. The molecule has 19 heavy (non-hydrogen) atoms. The highest BCUT2D eigenvalue weighted by atomic mass is 19.4. The number of hydrogen-bond acceptors (Lipinski definition) is 1. The Hall–Kier alpha value is -1.49. The van der Waals surface area contributed by atoms with Crippen LogP contribution in [0.1, 0.15) is 30.9 Å². The molecule has 0 bridgehead atoms. The Balaban J connectivity index is 2.66.